The number of ether oxygens (including phenoxy) is 1. The van der Waals surface area contributed by atoms with Gasteiger partial charge >= 0.3 is 143 Å². The predicted molar refractivity (Wildman–Crippen MR) is 90.2 cm³/mol. The van der Waals surface area contributed by atoms with Crippen molar-refractivity contribution in [2.45, 2.75) is 46.6 Å². The van der Waals surface area contributed by atoms with Gasteiger partial charge in [-0.2, -0.15) is 0 Å². The summed E-state index contributed by atoms with van der Waals surface area (Å²) in [6, 6.07) is 0. The number of nitrogens with one attached hydrogen (secondary N) is 1. The van der Waals surface area contributed by atoms with Crippen LogP contribution >= 0.6 is 8.17 Å². The van der Waals surface area contributed by atoms with E-state index in [4.69, 9.17) is 13.6 Å². The molecule has 24 heavy (non-hydrogen) atoms. The zero-order valence-electron chi connectivity index (χ0n) is 15.1. The summed E-state index contributed by atoms with van der Waals surface area (Å²) in [5.74, 6) is -0.406. The van der Waals surface area contributed by atoms with Crippen LogP contribution in [0, 0.1) is 11.3 Å². The number of hydrogen-bond acceptors (Lipinski definition) is 7. The molecular weight excluding hydrogens is 337 g/mol. The SMILES string of the molecule is COC(=O)CCNC(=O)[C@@H]1O[PH](O)(OCCC(C)C)OCC1(C)C. The molecule has 1 atom stereocenters. The molecule has 0 aromatic heterocycles. The van der Waals surface area contributed by atoms with Crippen LogP contribution in [0.25, 0.3) is 0 Å². The summed E-state index contributed by atoms with van der Waals surface area (Å²) < 4.78 is 20.9. The molecule has 1 saturated heterocycles. The van der Waals surface area contributed by atoms with E-state index in [2.05, 4.69) is 10.1 Å². The summed E-state index contributed by atoms with van der Waals surface area (Å²) in [5, 5.41) is 2.62. The fourth-order valence-electron chi connectivity index (χ4n) is 2.09. The second-order valence-corrected chi connectivity index (χ2v) is 8.81. The van der Waals surface area contributed by atoms with Crippen molar-refractivity contribution >= 4 is 20.0 Å². The molecule has 0 radical (unpaired) electrons. The van der Waals surface area contributed by atoms with Gasteiger partial charge in [-0.3, -0.25) is 0 Å². The molecule has 1 heterocycles. The minimum atomic E-state index is -3.84. The Labute approximate surface area is 143 Å². The molecule has 1 fully saturated rings. The quantitative estimate of drug-likeness (QED) is 0.496. The van der Waals surface area contributed by atoms with Gasteiger partial charge in [0.15, 0.2) is 0 Å². The van der Waals surface area contributed by atoms with Crippen molar-refractivity contribution in [3.05, 3.63) is 0 Å². The molecule has 0 saturated carbocycles. The van der Waals surface area contributed by atoms with E-state index >= 15 is 0 Å². The molecule has 142 valence electrons. The summed E-state index contributed by atoms with van der Waals surface area (Å²) in [6.07, 6.45) is -0.0977. The van der Waals surface area contributed by atoms with E-state index in [0.29, 0.717) is 12.5 Å². The number of hydrogen-bond donors (Lipinski definition) is 2. The minimum absolute atomic E-state index is 0.0679. The van der Waals surface area contributed by atoms with Crippen LogP contribution in [-0.2, 0) is 27.9 Å². The summed E-state index contributed by atoms with van der Waals surface area (Å²) in [4.78, 5) is 33.9. The maximum absolute atomic E-state index is 12.4. The monoisotopic (exact) mass is 367 g/mol. The van der Waals surface area contributed by atoms with Gasteiger partial charge in [-0.15, -0.1) is 0 Å². The van der Waals surface area contributed by atoms with Crippen LogP contribution in [0.2, 0.25) is 0 Å². The second-order valence-electron chi connectivity index (χ2n) is 6.95. The van der Waals surface area contributed by atoms with Crippen molar-refractivity contribution in [3.8, 4) is 0 Å². The Hall–Kier alpha value is -0.790. The summed E-state index contributed by atoms with van der Waals surface area (Å²) in [7, 11) is -2.55. The van der Waals surface area contributed by atoms with E-state index < -0.39 is 31.6 Å². The van der Waals surface area contributed by atoms with Crippen molar-refractivity contribution in [1.82, 2.24) is 5.32 Å². The fourth-order valence-corrected chi connectivity index (χ4v) is 3.96. The third-order valence-corrected chi connectivity index (χ3v) is 5.29. The summed E-state index contributed by atoms with van der Waals surface area (Å²) in [6.45, 7) is 8.27. The topological polar surface area (TPSA) is 103 Å². The summed E-state index contributed by atoms with van der Waals surface area (Å²) >= 11 is 0. The fraction of sp³-hybridized carbons (Fsp3) is 0.867. The van der Waals surface area contributed by atoms with Crippen molar-refractivity contribution in [2.75, 3.05) is 26.9 Å². The normalized spacial score (nSPS) is 23.5. The van der Waals surface area contributed by atoms with Gasteiger partial charge in [0.1, 0.15) is 0 Å². The Morgan fingerprint density at radius 1 is 1.42 bits per heavy atom. The van der Waals surface area contributed by atoms with Crippen molar-refractivity contribution in [3.63, 3.8) is 0 Å². The molecule has 0 aromatic carbocycles. The maximum atomic E-state index is 12.4. The van der Waals surface area contributed by atoms with Crippen LogP contribution in [0.5, 0.6) is 0 Å². The van der Waals surface area contributed by atoms with Gasteiger partial charge in [0.2, 0.25) is 0 Å². The van der Waals surface area contributed by atoms with Crippen LogP contribution in [0.15, 0.2) is 0 Å². The predicted octanol–water partition coefficient (Wildman–Crippen LogP) is 1.57. The molecule has 9 heteroatoms. The zero-order valence-corrected chi connectivity index (χ0v) is 16.1. The van der Waals surface area contributed by atoms with Gasteiger partial charge in [-0.1, -0.05) is 0 Å². The Morgan fingerprint density at radius 3 is 2.67 bits per heavy atom. The van der Waals surface area contributed by atoms with E-state index in [0.717, 1.165) is 6.42 Å². The molecule has 8 nitrogen and oxygen atoms in total. The van der Waals surface area contributed by atoms with E-state index in [1.165, 1.54) is 7.11 Å². The molecule has 1 rings (SSSR count). The second kappa shape index (κ2) is 9.06. The molecule has 1 amide bonds. The molecular formula is C15H30NO7P. The van der Waals surface area contributed by atoms with Crippen LogP contribution in [0.4, 0.5) is 0 Å². The molecule has 0 bridgehead atoms. The Balaban J connectivity index is 2.61. The van der Waals surface area contributed by atoms with Crippen LogP contribution < -0.4 is 5.32 Å². The van der Waals surface area contributed by atoms with Crippen molar-refractivity contribution < 1.29 is 32.8 Å². The first-order valence-corrected chi connectivity index (χ1v) is 9.79. The van der Waals surface area contributed by atoms with Crippen LogP contribution in [0.3, 0.4) is 0 Å². The van der Waals surface area contributed by atoms with Crippen molar-refractivity contribution in [1.29, 1.82) is 0 Å². The Morgan fingerprint density at radius 2 is 2.08 bits per heavy atom. The van der Waals surface area contributed by atoms with Crippen LogP contribution in [0.1, 0.15) is 40.5 Å². The molecule has 1 aliphatic rings. The van der Waals surface area contributed by atoms with Gasteiger partial charge in [0, 0.05) is 0 Å². The van der Waals surface area contributed by atoms with Crippen molar-refractivity contribution in [2.24, 2.45) is 11.3 Å². The zero-order chi connectivity index (χ0) is 18.4. The van der Waals surface area contributed by atoms with Crippen LogP contribution in [-0.4, -0.2) is 49.7 Å². The van der Waals surface area contributed by atoms with Gasteiger partial charge in [-0.25, -0.2) is 0 Å². The van der Waals surface area contributed by atoms with E-state index in [9.17, 15) is 14.5 Å². The molecule has 0 aliphatic carbocycles. The first kappa shape index (κ1) is 21.3. The molecule has 0 spiro atoms. The first-order valence-electron chi connectivity index (χ1n) is 8.12. The Kier molecular flexibility index (Phi) is 8.02. The summed E-state index contributed by atoms with van der Waals surface area (Å²) in [5.41, 5.74) is -0.629. The number of carbonyl (C=O) groups is 2. The van der Waals surface area contributed by atoms with E-state index in [1.54, 1.807) is 13.8 Å². The number of esters is 1. The molecule has 0 aromatic rings. The Bertz CT molecular complexity index is 444. The third-order valence-electron chi connectivity index (χ3n) is 3.68. The number of methoxy groups -OCH3 is 1. The number of carbonyl (C=O) groups excluding carboxylic acids is 2. The molecule has 2 N–H and O–H groups in total. The average molecular weight is 367 g/mol. The van der Waals surface area contributed by atoms with Gasteiger partial charge in [0.05, 0.1) is 0 Å². The average Bonchev–Trinajstić information content (AvgIpc) is 2.49. The van der Waals surface area contributed by atoms with Gasteiger partial charge in [0.25, 0.3) is 0 Å². The molecule has 0 unspecified atom stereocenters. The third kappa shape index (κ3) is 6.61. The first-order chi connectivity index (χ1) is 11.1. The molecule has 1 aliphatic heterocycles. The van der Waals surface area contributed by atoms with Gasteiger partial charge < -0.3 is 0 Å². The number of rotatable bonds is 8. The van der Waals surface area contributed by atoms with Gasteiger partial charge in [-0.05, 0) is 0 Å². The van der Waals surface area contributed by atoms with E-state index in [1.807, 2.05) is 13.8 Å². The standard InChI is InChI=1S/C15H30NO7P/c1-11(2)7-9-21-24(19)22-10-15(3,4)13(23-24)14(18)16-8-6-12(17)20-5/h11,13,19,24H,6-10H2,1-5H3,(H,16,18)/t13-/m0/s1. The number of amides is 1. The van der Waals surface area contributed by atoms with E-state index in [-0.39, 0.29) is 19.6 Å².